The Hall–Kier alpha value is -1.14. The van der Waals surface area contributed by atoms with Crippen LogP contribution in [0.2, 0.25) is 0 Å². The highest BCUT2D eigenvalue weighted by Crippen LogP contribution is 1.84. The van der Waals surface area contributed by atoms with E-state index < -0.39 is 12.0 Å². The van der Waals surface area contributed by atoms with E-state index in [1.807, 2.05) is 6.92 Å². The maximum Gasteiger partial charge on any atom is 0.323 e. The Labute approximate surface area is 89.0 Å². The Balaban J connectivity index is 3.78. The van der Waals surface area contributed by atoms with Crippen molar-refractivity contribution in [2.75, 3.05) is 26.8 Å². The minimum absolute atomic E-state index is 0.0136. The van der Waals surface area contributed by atoms with Gasteiger partial charge in [-0.1, -0.05) is 6.92 Å². The maximum absolute atomic E-state index is 11.1. The number of hydrogen-bond donors (Lipinski definition) is 3. The largest absolute Gasteiger partial charge is 0.480 e. The quantitative estimate of drug-likeness (QED) is 0.496. The SMILES string of the molecule is CCCNC(=O)CNC(COC)C(=O)O. The Bertz CT molecular complexity index is 208. The summed E-state index contributed by atoms with van der Waals surface area (Å²) in [4.78, 5) is 21.8. The zero-order valence-corrected chi connectivity index (χ0v) is 9.08. The highest BCUT2D eigenvalue weighted by Gasteiger charge is 2.17. The van der Waals surface area contributed by atoms with Crippen LogP contribution in [0.5, 0.6) is 0 Å². The van der Waals surface area contributed by atoms with Crippen LogP contribution in [0, 0.1) is 0 Å². The van der Waals surface area contributed by atoms with Crippen molar-refractivity contribution < 1.29 is 19.4 Å². The van der Waals surface area contributed by atoms with Gasteiger partial charge in [0.15, 0.2) is 0 Å². The third kappa shape index (κ3) is 6.87. The van der Waals surface area contributed by atoms with Gasteiger partial charge < -0.3 is 15.2 Å². The lowest BCUT2D eigenvalue weighted by molar-refractivity contribution is -0.140. The van der Waals surface area contributed by atoms with Crippen molar-refractivity contribution in [2.24, 2.45) is 0 Å². The van der Waals surface area contributed by atoms with E-state index in [0.29, 0.717) is 6.54 Å². The van der Waals surface area contributed by atoms with Gasteiger partial charge in [0.25, 0.3) is 0 Å². The molecule has 1 amide bonds. The highest BCUT2D eigenvalue weighted by molar-refractivity contribution is 5.79. The van der Waals surface area contributed by atoms with Crippen molar-refractivity contribution in [1.29, 1.82) is 0 Å². The number of rotatable bonds is 8. The third-order valence-corrected chi connectivity index (χ3v) is 1.71. The number of nitrogens with one attached hydrogen (secondary N) is 2. The molecule has 1 atom stereocenters. The van der Waals surface area contributed by atoms with Crippen LogP contribution in [0.15, 0.2) is 0 Å². The average Bonchev–Trinajstić information content (AvgIpc) is 2.20. The van der Waals surface area contributed by atoms with Gasteiger partial charge in [-0.25, -0.2) is 0 Å². The Morgan fingerprint density at radius 3 is 2.60 bits per heavy atom. The molecule has 6 heteroatoms. The number of methoxy groups -OCH3 is 1. The van der Waals surface area contributed by atoms with Crippen LogP contribution in [0.25, 0.3) is 0 Å². The number of hydrogen-bond acceptors (Lipinski definition) is 4. The number of carboxylic acid groups (broad SMARTS) is 1. The summed E-state index contributed by atoms with van der Waals surface area (Å²) in [6.45, 7) is 2.57. The van der Waals surface area contributed by atoms with Gasteiger partial charge in [0.1, 0.15) is 6.04 Å². The van der Waals surface area contributed by atoms with Gasteiger partial charge in [0.05, 0.1) is 13.2 Å². The molecular weight excluding hydrogens is 200 g/mol. The van der Waals surface area contributed by atoms with Gasteiger partial charge >= 0.3 is 5.97 Å². The lowest BCUT2D eigenvalue weighted by Gasteiger charge is -2.12. The number of carbonyl (C=O) groups is 2. The second kappa shape index (κ2) is 8.19. The fraction of sp³-hybridized carbons (Fsp3) is 0.778. The molecular formula is C9H18N2O4. The molecule has 88 valence electrons. The smallest absolute Gasteiger partial charge is 0.323 e. The van der Waals surface area contributed by atoms with Gasteiger partial charge in [-0.15, -0.1) is 0 Å². The van der Waals surface area contributed by atoms with Crippen LogP contribution in [0.3, 0.4) is 0 Å². The summed E-state index contributed by atoms with van der Waals surface area (Å²) in [5, 5.41) is 13.9. The summed E-state index contributed by atoms with van der Waals surface area (Å²) in [6.07, 6.45) is 0.853. The summed E-state index contributed by atoms with van der Waals surface area (Å²) in [7, 11) is 1.41. The second-order valence-electron chi connectivity index (χ2n) is 3.08. The van der Waals surface area contributed by atoms with Crippen LogP contribution in [0.4, 0.5) is 0 Å². The van der Waals surface area contributed by atoms with Crippen molar-refractivity contribution in [1.82, 2.24) is 10.6 Å². The number of carbonyl (C=O) groups excluding carboxylic acids is 1. The minimum atomic E-state index is -1.03. The van der Waals surface area contributed by atoms with Gasteiger partial charge in [-0.05, 0) is 6.42 Å². The van der Waals surface area contributed by atoms with Crippen LogP contribution in [-0.2, 0) is 14.3 Å². The number of aliphatic carboxylic acids is 1. The summed E-state index contributed by atoms with van der Waals surface area (Å²) in [6, 6.07) is -0.845. The highest BCUT2D eigenvalue weighted by atomic mass is 16.5. The second-order valence-corrected chi connectivity index (χ2v) is 3.08. The molecule has 0 aliphatic carbocycles. The predicted molar refractivity (Wildman–Crippen MR) is 54.6 cm³/mol. The predicted octanol–water partition coefficient (Wildman–Crippen LogP) is -0.798. The molecule has 1 unspecified atom stereocenters. The third-order valence-electron chi connectivity index (χ3n) is 1.71. The molecule has 3 N–H and O–H groups in total. The first-order valence-electron chi connectivity index (χ1n) is 4.83. The van der Waals surface area contributed by atoms with Gasteiger partial charge in [-0.2, -0.15) is 0 Å². The van der Waals surface area contributed by atoms with Crippen molar-refractivity contribution in [2.45, 2.75) is 19.4 Å². The molecule has 0 saturated heterocycles. The van der Waals surface area contributed by atoms with E-state index in [4.69, 9.17) is 9.84 Å². The van der Waals surface area contributed by atoms with Crippen LogP contribution < -0.4 is 10.6 Å². The number of carboxylic acids is 1. The van der Waals surface area contributed by atoms with E-state index in [-0.39, 0.29) is 19.1 Å². The van der Waals surface area contributed by atoms with Crippen LogP contribution in [0.1, 0.15) is 13.3 Å². The molecule has 0 aromatic rings. The van der Waals surface area contributed by atoms with E-state index in [0.717, 1.165) is 6.42 Å². The standard InChI is InChI=1S/C9H18N2O4/c1-3-4-10-8(12)5-11-7(6-15-2)9(13)14/h7,11H,3-6H2,1-2H3,(H,10,12)(H,13,14). The normalized spacial score (nSPS) is 12.1. The van der Waals surface area contributed by atoms with Crippen molar-refractivity contribution in [3.05, 3.63) is 0 Å². The van der Waals surface area contributed by atoms with Gasteiger partial charge in [0.2, 0.25) is 5.91 Å². The molecule has 0 aliphatic heterocycles. The molecule has 15 heavy (non-hydrogen) atoms. The lowest BCUT2D eigenvalue weighted by Crippen LogP contribution is -2.45. The lowest BCUT2D eigenvalue weighted by atomic mass is 10.3. The molecule has 0 rings (SSSR count). The molecule has 0 heterocycles. The van der Waals surface area contributed by atoms with Gasteiger partial charge in [-0.3, -0.25) is 14.9 Å². The molecule has 0 fully saturated rings. The van der Waals surface area contributed by atoms with E-state index in [1.165, 1.54) is 7.11 Å². The van der Waals surface area contributed by atoms with E-state index in [1.54, 1.807) is 0 Å². The molecule has 0 aliphatic rings. The monoisotopic (exact) mass is 218 g/mol. The molecule has 0 aromatic heterocycles. The number of amides is 1. The first-order valence-corrected chi connectivity index (χ1v) is 4.83. The first-order chi connectivity index (χ1) is 7.11. The summed E-state index contributed by atoms with van der Waals surface area (Å²) in [5.74, 6) is -1.24. The topological polar surface area (TPSA) is 87.7 Å². The maximum atomic E-state index is 11.1. The summed E-state index contributed by atoms with van der Waals surface area (Å²) >= 11 is 0. The molecule has 0 bridgehead atoms. The average molecular weight is 218 g/mol. The minimum Gasteiger partial charge on any atom is -0.480 e. The van der Waals surface area contributed by atoms with Crippen molar-refractivity contribution >= 4 is 11.9 Å². The van der Waals surface area contributed by atoms with E-state index in [2.05, 4.69) is 10.6 Å². The van der Waals surface area contributed by atoms with Crippen molar-refractivity contribution in [3.8, 4) is 0 Å². The van der Waals surface area contributed by atoms with E-state index >= 15 is 0 Å². The summed E-state index contributed by atoms with van der Waals surface area (Å²) < 4.78 is 4.70. The zero-order chi connectivity index (χ0) is 11.7. The molecule has 0 spiro atoms. The molecule has 0 aromatic carbocycles. The fourth-order valence-electron chi connectivity index (χ4n) is 0.927. The first kappa shape index (κ1) is 13.9. The molecule has 6 nitrogen and oxygen atoms in total. The fourth-order valence-corrected chi connectivity index (χ4v) is 0.927. The summed E-state index contributed by atoms with van der Waals surface area (Å²) in [5.41, 5.74) is 0. The zero-order valence-electron chi connectivity index (χ0n) is 9.08. The Morgan fingerprint density at radius 1 is 1.47 bits per heavy atom. The van der Waals surface area contributed by atoms with E-state index in [9.17, 15) is 9.59 Å². The van der Waals surface area contributed by atoms with Crippen molar-refractivity contribution in [3.63, 3.8) is 0 Å². The van der Waals surface area contributed by atoms with Crippen LogP contribution in [-0.4, -0.2) is 49.8 Å². The Kier molecular flexibility index (Phi) is 7.57. The number of ether oxygens (including phenoxy) is 1. The van der Waals surface area contributed by atoms with Gasteiger partial charge in [0, 0.05) is 13.7 Å². The molecule has 0 saturated carbocycles. The van der Waals surface area contributed by atoms with Crippen LogP contribution >= 0.6 is 0 Å². The molecule has 0 radical (unpaired) electrons. The Morgan fingerprint density at radius 2 is 2.13 bits per heavy atom.